The van der Waals surface area contributed by atoms with Crippen molar-refractivity contribution in [3.8, 4) is 5.75 Å². The molecule has 0 atom stereocenters. The first-order valence-corrected chi connectivity index (χ1v) is 6.54. The van der Waals surface area contributed by atoms with Crippen LogP contribution in [0, 0.1) is 0 Å². The van der Waals surface area contributed by atoms with Crippen LogP contribution in [0.25, 0.3) is 0 Å². The quantitative estimate of drug-likeness (QED) is 0.772. The number of hydrogen-bond donors (Lipinski definition) is 1. The predicted octanol–water partition coefficient (Wildman–Crippen LogP) is 1.89. The minimum Gasteiger partial charge on any atom is -0.484 e. The van der Waals surface area contributed by atoms with Gasteiger partial charge in [0.25, 0.3) is 0 Å². The molecule has 0 fully saturated rings. The number of nitrogens with one attached hydrogen (secondary N) is 1. The van der Waals surface area contributed by atoms with Gasteiger partial charge in [-0.25, -0.2) is 0 Å². The minimum atomic E-state index is 0.467. The van der Waals surface area contributed by atoms with Crippen molar-refractivity contribution >= 4 is 0 Å². The molecule has 19 heavy (non-hydrogen) atoms. The van der Waals surface area contributed by atoms with Crippen LogP contribution in [-0.2, 0) is 20.2 Å². The number of hydrogen-bond acceptors (Lipinski definition) is 4. The van der Waals surface area contributed by atoms with Crippen molar-refractivity contribution in [2.24, 2.45) is 7.05 Å². The minimum absolute atomic E-state index is 0.467. The van der Waals surface area contributed by atoms with E-state index in [2.05, 4.69) is 28.4 Å². The predicted molar refractivity (Wildman–Crippen MR) is 73.8 cm³/mol. The number of nitrogens with zero attached hydrogens (tertiary/aromatic N) is 3. The largest absolute Gasteiger partial charge is 0.484 e. The number of aromatic nitrogens is 3. The fourth-order valence-corrected chi connectivity index (χ4v) is 1.69. The lowest BCUT2D eigenvalue weighted by atomic mass is 10.2. The molecule has 5 nitrogen and oxygen atoms in total. The highest BCUT2D eigenvalue weighted by atomic mass is 16.5. The third-order valence-electron chi connectivity index (χ3n) is 2.71. The first kappa shape index (κ1) is 13.5. The Morgan fingerprint density at radius 1 is 1.32 bits per heavy atom. The lowest BCUT2D eigenvalue weighted by Crippen LogP contribution is -2.14. The molecule has 0 spiro atoms. The highest BCUT2D eigenvalue weighted by Gasteiger charge is 2.00. The number of aryl methyl sites for hydroxylation is 1. The zero-order chi connectivity index (χ0) is 13.5. The molecule has 0 aromatic carbocycles. The summed E-state index contributed by atoms with van der Waals surface area (Å²) in [5.41, 5.74) is 2.11. The maximum absolute atomic E-state index is 5.59. The molecule has 5 heteroatoms. The highest BCUT2D eigenvalue weighted by molar-refractivity contribution is 5.15. The average molecular weight is 260 g/mol. The fourth-order valence-electron chi connectivity index (χ4n) is 1.69. The van der Waals surface area contributed by atoms with E-state index in [4.69, 9.17) is 4.74 Å². The molecule has 0 bridgehead atoms. The molecule has 2 heterocycles. The second kappa shape index (κ2) is 6.89. The second-order valence-electron chi connectivity index (χ2n) is 4.47. The van der Waals surface area contributed by atoms with E-state index in [1.54, 1.807) is 10.9 Å². The maximum atomic E-state index is 5.59. The molecule has 2 aromatic rings. The molecule has 1 N–H and O–H groups in total. The summed E-state index contributed by atoms with van der Waals surface area (Å²) < 4.78 is 7.30. The number of pyridine rings is 1. The van der Waals surface area contributed by atoms with Crippen molar-refractivity contribution in [2.75, 3.05) is 6.54 Å². The number of ether oxygens (including phenoxy) is 1. The van der Waals surface area contributed by atoms with Crippen LogP contribution in [0.1, 0.15) is 24.6 Å². The summed E-state index contributed by atoms with van der Waals surface area (Å²) in [6, 6.07) is 4.08. The van der Waals surface area contributed by atoms with E-state index in [-0.39, 0.29) is 0 Å². The molecule has 2 rings (SSSR count). The maximum Gasteiger partial charge on any atom is 0.157 e. The average Bonchev–Trinajstić information content (AvgIpc) is 2.84. The van der Waals surface area contributed by atoms with E-state index in [1.807, 2.05) is 25.5 Å². The zero-order valence-electron chi connectivity index (χ0n) is 11.5. The second-order valence-corrected chi connectivity index (χ2v) is 4.47. The van der Waals surface area contributed by atoms with E-state index in [1.165, 1.54) is 5.56 Å². The SMILES string of the molecule is CCCNCc1ccc(COc2cnn(C)c2)nc1. The molecular weight excluding hydrogens is 240 g/mol. The summed E-state index contributed by atoms with van der Waals surface area (Å²) in [5, 5.41) is 7.40. The van der Waals surface area contributed by atoms with Crippen molar-refractivity contribution in [1.82, 2.24) is 20.1 Å². The van der Waals surface area contributed by atoms with Crippen molar-refractivity contribution in [3.05, 3.63) is 42.0 Å². The first-order valence-electron chi connectivity index (χ1n) is 6.54. The van der Waals surface area contributed by atoms with Crippen molar-refractivity contribution in [2.45, 2.75) is 26.5 Å². The molecule has 0 aliphatic heterocycles. The molecule has 0 saturated carbocycles. The van der Waals surface area contributed by atoms with Gasteiger partial charge in [0.15, 0.2) is 5.75 Å². The van der Waals surface area contributed by atoms with Gasteiger partial charge >= 0.3 is 0 Å². The van der Waals surface area contributed by atoms with Crippen LogP contribution in [0.4, 0.5) is 0 Å². The molecule has 2 aromatic heterocycles. The first-order chi connectivity index (χ1) is 9.28. The van der Waals surface area contributed by atoms with Gasteiger partial charge in [-0.3, -0.25) is 9.67 Å². The van der Waals surface area contributed by atoms with E-state index in [0.29, 0.717) is 6.61 Å². The summed E-state index contributed by atoms with van der Waals surface area (Å²) >= 11 is 0. The molecule has 0 radical (unpaired) electrons. The van der Waals surface area contributed by atoms with Gasteiger partial charge in [0.05, 0.1) is 18.1 Å². The van der Waals surface area contributed by atoms with Crippen molar-refractivity contribution in [1.29, 1.82) is 0 Å². The lowest BCUT2D eigenvalue weighted by Gasteiger charge is -2.05. The van der Waals surface area contributed by atoms with Crippen LogP contribution < -0.4 is 10.1 Å². The lowest BCUT2D eigenvalue weighted by molar-refractivity contribution is 0.301. The fraction of sp³-hybridized carbons (Fsp3) is 0.429. The van der Waals surface area contributed by atoms with E-state index < -0.39 is 0 Å². The van der Waals surface area contributed by atoms with Gasteiger partial charge in [0.2, 0.25) is 0 Å². The van der Waals surface area contributed by atoms with Crippen LogP contribution >= 0.6 is 0 Å². The van der Waals surface area contributed by atoms with Gasteiger partial charge in [0.1, 0.15) is 6.61 Å². The Morgan fingerprint density at radius 3 is 2.84 bits per heavy atom. The normalized spacial score (nSPS) is 10.6. The Balaban J connectivity index is 1.81. The van der Waals surface area contributed by atoms with Crippen LogP contribution in [0.3, 0.4) is 0 Å². The number of rotatable bonds is 7. The summed E-state index contributed by atoms with van der Waals surface area (Å²) in [4.78, 5) is 4.39. The van der Waals surface area contributed by atoms with Gasteiger partial charge in [-0.05, 0) is 24.6 Å². The molecule has 102 valence electrons. The molecule has 0 amide bonds. The van der Waals surface area contributed by atoms with Crippen LogP contribution in [0.15, 0.2) is 30.7 Å². The van der Waals surface area contributed by atoms with Gasteiger partial charge in [-0.15, -0.1) is 0 Å². The third-order valence-corrected chi connectivity index (χ3v) is 2.71. The molecule has 0 saturated heterocycles. The van der Waals surface area contributed by atoms with Gasteiger partial charge in [-0.2, -0.15) is 5.10 Å². The van der Waals surface area contributed by atoms with Crippen LogP contribution in [0.2, 0.25) is 0 Å². The third kappa shape index (κ3) is 4.37. The molecule has 0 aliphatic carbocycles. The van der Waals surface area contributed by atoms with E-state index in [0.717, 1.165) is 31.0 Å². The summed E-state index contributed by atoms with van der Waals surface area (Å²) in [7, 11) is 1.86. The van der Waals surface area contributed by atoms with E-state index >= 15 is 0 Å². The topological polar surface area (TPSA) is 52.0 Å². The Kier molecular flexibility index (Phi) is 4.92. The van der Waals surface area contributed by atoms with Crippen molar-refractivity contribution < 1.29 is 4.74 Å². The Hall–Kier alpha value is -1.88. The van der Waals surface area contributed by atoms with Crippen LogP contribution in [-0.4, -0.2) is 21.3 Å². The van der Waals surface area contributed by atoms with Gasteiger partial charge in [0, 0.05) is 19.8 Å². The zero-order valence-corrected chi connectivity index (χ0v) is 11.5. The summed E-state index contributed by atoms with van der Waals surface area (Å²) in [6.45, 7) is 4.52. The van der Waals surface area contributed by atoms with Gasteiger partial charge in [-0.1, -0.05) is 13.0 Å². The van der Waals surface area contributed by atoms with Crippen LogP contribution in [0.5, 0.6) is 5.75 Å². The summed E-state index contributed by atoms with van der Waals surface area (Å²) in [6.07, 6.45) is 6.57. The Labute approximate surface area is 113 Å². The molecule has 0 aliphatic rings. The highest BCUT2D eigenvalue weighted by Crippen LogP contribution is 2.09. The van der Waals surface area contributed by atoms with E-state index in [9.17, 15) is 0 Å². The Bertz CT molecular complexity index is 492. The van der Waals surface area contributed by atoms with Gasteiger partial charge < -0.3 is 10.1 Å². The molecular formula is C14H20N4O. The monoisotopic (exact) mass is 260 g/mol. The van der Waals surface area contributed by atoms with Crippen molar-refractivity contribution in [3.63, 3.8) is 0 Å². The standard InChI is InChI=1S/C14H20N4O/c1-3-6-15-7-12-4-5-13(16-8-12)11-19-14-9-17-18(2)10-14/h4-5,8-10,15H,3,6-7,11H2,1-2H3. The smallest absolute Gasteiger partial charge is 0.157 e. The summed E-state index contributed by atoms with van der Waals surface area (Å²) in [5.74, 6) is 0.762. The Morgan fingerprint density at radius 2 is 2.21 bits per heavy atom. The molecule has 0 unspecified atom stereocenters.